The van der Waals surface area contributed by atoms with Gasteiger partial charge in [-0.25, -0.2) is 4.68 Å². The molecule has 1 amide bonds. The molecule has 0 aliphatic heterocycles. The van der Waals surface area contributed by atoms with Gasteiger partial charge in [-0.15, -0.1) is 5.10 Å². The van der Waals surface area contributed by atoms with E-state index in [1.54, 1.807) is 6.07 Å². The number of aliphatic hydroxyl groups excluding tert-OH is 1. The number of aromatic nitrogens is 3. The zero-order valence-corrected chi connectivity index (χ0v) is 15.2. The van der Waals surface area contributed by atoms with Crippen LogP contribution in [0.4, 0.5) is 5.69 Å². The molecule has 0 fully saturated rings. The molecular weight excluding hydrogens is 392 g/mol. The molecule has 6 nitrogen and oxygen atoms in total. The van der Waals surface area contributed by atoms with Gasteiger partial charge in [-0.3, -0.25) is 4.79 Å². The van der Waals surface area contributed by atoms with Crippen molar-refractivity contribution in [1.29, 1.82) is 0 Å². The average Bonchev–Trinajstić information content (AvgIpc) is 3.22. The van der Waals surface area contributed by atoms with Crippen LogP contribution in [0.3, 0.4) is 0 Å². The number of nitrogens with zero attached hydrogens (tertiary/aromatic N) is 3. The fourth-order valence-corrected chi connectivity index (χ4v) is 3.11. The Labute approximate surface area is 151 Å². The van der Waals surface area contributed by atoms with Gasteiger partial charge in [-0.2, -0.15) is 11.3 Å². The predicted molar refractivity (Wildman–Crippen MR) is 96.1 cm³/mol. The Morgan fingerprint density at radius 1 is 1.46 bits per heavy atom. The molecule has 0 spiro atoms. The van der Waals surface area contributed by atoms with Crippen LogP contribution in [0.5, 0.6) is 0 Å². The first-order valence-electron chi connectivity index (χ1n) is 7.21. The topological polar surface area (TPSA) is 80.0 Å². The Bertz CT molecular complexity index is 848. The molecule has 0 unspecified atom stereocenters. The molecule has 0 radical (unpaired) electrons. The number of amides is 1. The summed E-state index contributed by atoms with van der Waals surface area (Å²) in [5, 5.41) is 24.5. The fraction of sp³-hybridized carbons (Fsp3) is 0.188. The number of hydrogen-bond acceptors (Lipinski definition) is 5. The van der Waals surface area contributed by atoms with Crippen molar-refractivity contribution >= 4 is 38.9 Å². The standard InChI is InChI=1S/C16H15BrN4O2S/c1-10-6-12(2-3-13(10)17)18-16(23)14-7-21(20-19-14)8-15(22)11-4-5-24-9-11/h2-7,9,15,22H,8H2,1H3,(H,18,23)/t15-/m1/s1. The minimum atomic E-state index is -0.678. The molecule has 3 rings (SSSR count). The van der Waals surface area contributed by atoms with E-state index >= 15 is 0 Å². The molecule has 3 aromatic rings. The molecule has 2 N–H and O–H groups in total. The van der Waals surface area contributed by atoms with Crippen molar-refractivity contribution < 1.29 is 9.90 Å². The predicted octanol–water partition coefficient (Wildman–Crippen LogP) is 3.40. The highest BCUT2D eigenvalue weighted by Gasteiger charge is 2.14. The van der Waals surface area contributed by atoms with Gasteiger partial charge in [0, 0.05) is 10.2 Å². The number of carbonyl (C=O) groups is 1. The number of aryl methyl sites for hydroxylation is 1. The van der Waals surface area contributed by atoms with Crippen LogP contribution in [-0.4, -0.2) is 26.0 Å². The summed E-state index contributed by atoms with van der Waals surface area (Å²) in [6.07, 6.45) is 0.847. The van der Waals surface area contributed by atoms with Crippen LogP contribution < -0.4 is 5.32 Å². The lowest BCUT2D eigenvalue weighted by Gasteiger charge is -2.07. The summed E-state index contributed by atoms with van der Waals surface area (Å²) in [6, 6.07) is 7.40. The Balaban J connectivity index is 1.66. The van der Waals surface area contributed by atoms with Gasteiger partial charge >= 0.3 is 0 Å². The summed E-state index contributed by atoms with van der Waals surface area (Å²) < 4.78 is 2.44. The zero-order valence-electron chi connectivity index (χ0n) is 12.8. The van der Waals surface area contributed by atoms with Crippen LogP contribution in [0.25, 0.3) is 0 Å². The van der Waals surface area contributed by atoms with E-state index in [9.17, 15) is 9.90 Å². The molecule has 0 aliphatic rings. The number of benzene rings is 1. The van der Waals surface area contributed by atoms with Crippen LogP contribution in [0, 0.1) is 6.92 Å². The van der Waals surface area contributed by atoms with Gasteiger partial charge < -0.3 is 10.4 Å². The van der Waals surface area contributed by atoms with E-state index in [0.29, 0.717) is 5.69 Å². The smallest absolute Gasteiger partial charge is 0.277 e. The van der Waals surface area contributed by atoms with Crippen molar-refractivity contribution in [3.05, 3.63) is 62.5 Å². The Morgan fingerprint density at radius 2 is 2.29 bits per heavy atom. The van der Waals surface area contributed by atoms with E-state index in [4.69, 9.17) is 0 Å². The van der Waals surface area contributed by atoms with Crippen molar-refractivity contribution in [2.45, 2.75) is 19.6 Å². The maximum absolute atomic E-state index is 12.2. The maximum Gasteiger partial charge on any atom is 0.277 e. The highest BCUT2D eigenvalue weighted by Crippen LogP contribution is 2.20. The Kier molecular flexibility index (Phi) is 5.08. The van der Waals surface area contributed by atoms with Crippen LogP contribution in [0.2, 0.25) is 0 Å². The second-order valence-corrected chi connectivity index (χ2v) is 6.95. The highest BCUT2D eigenvalue weighted by atomic mass is 79.9. The van der Waals surface area contributed by atoms with Gasteiger partial charge in [-0.1, -0.05) is 21.1 Å². The third-order valence-corrected chi connectivity index (χ3v) is 5.07. The summed E-state index contributed by atoms with van der Waals surface area (Å²) >= 11 is 4.94. The third-order valence-electron chi connectivity index (χ3n) is 3.48. The molecular formula is C16H15BrN4O2S. The third kappa shape index (κ3) is 3.89. The quantitative estimate of drug-likeness (QED) is 0.680. The summed E-state index contributed by atoms with van der Waals surface area (Å²) in [5.41, 5.74) is 2.74. The SMILES string of the molecule is Cc1cc(NC(=O)c2cn(C[C@@H](O)c3ccsc3)nn2)ccc1Br. The number of thiophene rings is 1. The zero-order chi connectivity index (χ0) is 17.1. The number of nitrogens with one attached hydrogen (secondary N) is 1. The first-order valence-corrected chi connectivity index (χ1v) is 8.94. The van der Waals surface area contributed by atoms with E-state index in [2.05, 4.69) is 31.6 Å². The first kappa shape index (κ1) is 16.8. The number of halogens is 1. The second kappa shape index (κ2) is 7.25. The van der Waals surface area contributed by atoms with Gasteiger partial charge in [-0.05, 0) is 53.1 Å². The Morgan fingerprint density at radius 3 is 3.00 bits per heavy atom. The lowest BCUT2D eigenvalue weighted by atomic mass is 10.2. The largest absolute Gasteiger partial charge is 0.386 e. The molecule has 0 saturated heterocycles. The summed E-state index contributed by atoms with van der Waals surface area (Å²) in [7, 11) is 0. The number of rotatable bonds is 5. The van der Waals surface area contributed by atoms with Gasteiger partial charge in [0.15, 0.2) is 5.69 Å². The number of carbonyl (C=O) groups excluding carboxylic acids is 1. The van der Waals surface area contributed by atoms with Crippen molar-refractivity contribution in [3.8, 4) is 0 Å². The van der Waals surface area contributed by atoms with Gasteiger partial charge in [0.2, 0.25) is 0 Å². The summed E-state index contributed by atoms with van der Waals surface area (Å²) in [5.74, 6) is -0.340. The number of aliphatic hydroxyl groups is 1. The van der Waals surface area contributed by atoms with E-state index in [1.807, 2.05) is 35.9 Å². The lowest BCUT2D eigenvalue weighted by molar-refractivity contribution is 0.102. The van der Waals surface area contributed by atoms with Crippen LogP contribution in [-0.2, 0) is 6.54 Å². The number of hydrogen-bond donors (Lipinski definition) is 2. The van der Waals surface area contributed by atoms with E-state index in [0.717, 1.165) is 15.6 Å². The second-order valence-electron chi connectivity index (χ2n) is 5.32. The maximum atomic E-state index is 12.2. The molecule has 1 atom stereocenters. The number of anilines is 1. The molecule has 0 bridgehead atoms. The van der Waals surface area contributed by atoms with Gasteiger partial charge in [0.25, 0.3) is 5.91 Å². The minimum absolute atomic E-state index is 0.202. The fourth-order valence-electron chi connectivity index (χ4n) is 2.16. The molecule has 24 heavy (non-hydrogen) atoms. The van der Waals surface area contributed by atoms with E-state index in [1.165, 1.54) is 22.2 Å². The van der Waals surface area contributed by atoms with Crippen LogP contribution >= 0.6 is 27.3 Å². The van der Waals surface area contributed by atoms with E-state index < -0.39 is 6.10 Å². The molecule has 0 aliphatic carbocycles. The molecule has 0 saturated carbocycles. The molecule has 8 heteroatoms. The van der Waals surface area contributed by atoms with Crippen molar-refractivity contribution in [2.24, 2.45) is 0 Å². The molecule has 2 heterocycles. The van der Waals surface area contributed by atoms with Crippen molar-refractivity contribution in [3.63, 3.8) is 0 Å². The van der Waals surface area contributed by atoms with Crippen molar-refractivity contribution in [1.82, 2.24) is 15.0 Å². The van der Waals surface area contributed by atoms with Gasteiger partial charge in [0.1, 0.15) is 0 Å². The first-order chi connectivity index (χ1) is 11.5. The normalized spacial score (nSPS) is 12.1. The van der Waals surface area contributed by atoms with E-state index in [-0.39, 0.29) is 18.1 Å². The average molecular weight is 407 g/mol. The van der Waals surface area contributed by atoms with Crippen LogP contribution in [0.15, 0.2) is 45.7 Å². The monoisotopic (exact) mass is 406 g/mol. The summed E-state index contributed by atoms with van der Waals surface area (Å²) in [6.45, 7) is 2.19. The van der Waals surface area contributed by atoms with Gasteiger partial charge in [0.05, 0.1) is 18.8 Å². The Hall–Kier alpha value is -2.03. The minimum Gasteiger partial charge on any atom is -0.386 e. The lowest BCUT2D eigenvalue weighted by Crippen LogP contribution is -2.12. The molecule has 124 valence electrons. The highest BCUT2D eigenvalue weighted by molar-refractivity contribution is 9.10. The van der Waals surface area contributed by atoms with Crippen LogP contribution in [0.1, 0.15) is 27.7 Å². The molecule has 1 aromatic carbocycles. The van der Waals surface area contributed by atoms with Crippen molar-refractivity contribution in [2.75, 3.05) is 5.32 Å². The summed E-state index contributed by atoms with van der Waals surface area (Å²) in [4.78, 5) is 12.2. The molecule has 2 aromatic heterocycles.